The molecule has 4 aromatic rings. The van der Waals surface area contributed by atoms with Crippen LogP contribution in [0.3, 0.4) is 0 Å². The van der Waals surface area contributed by atoms with Crippen molar-refractivity contribution in [3.8, 4) is 0 Å². The van der Waals surface area contributed by atoms with Crippen molar-refractivity contribution in [2.24, 2.45) is 0 Å². The zero-order valence-electron chi connectivity index (χ0n) is 24.8. The van der Waals surface area contributed by atoms with Gasteiger partial charge in [0.1, 0.15) is 20.3 Å². The number of rotatable bonds is 7. The Hall–Kier alpha value is -4.42. The average Bonchev–Trinajstić information content (AvgIpc) is 3.61. The van der Waals surface area contributed by atoms with E-state index in [1.54, 1.807) is 43.6 Å². The summed E-state index contributed by atoms with van der Waals surface area (Å²) in [4.78, 5) is 57.6. The second-order valence-corrected chi connectivity index (χ2v) is 12.5. The summed E-state index contributed by atoms with van der Waals surface area (Å²) in [7, 11) is 0. The molecule has 0 bridgehead atoms. The Balaban J connectivity index is 0.000000182. The Morgan fingerprint density at radius 1 is 0.696 bits per heavy atom. The number of aromatic nitrogens is 2. The zero-order chi connectivity index (χ0) is 32.9. The van der Waals surface area contributed by atoms with Crippen LogP contribution in [0.2, 0.25) is 0 Å². The van der Waals surface area contributed by atoms with Crippen LogP contribution in [0, 0.1) is 0 Å². The summed E-state index contributed by atoms with van der Waals surface area (Å²) in [6.45, 7) is 2.02. The first kappa shape index (κ1) is 33.0. The van der Waals surface area contributed by atoms with Crippen LogP contribution in [0.15, 0.2) is 94.4 Å². The second-order valence-electron chi connectivity index (χ2n) is 11.0. The van der Waals surface area contributed by atoms with Gasteiger partial charge in [0, 0.05) is 38.1 Å². The maximum Gasteiger partial charge on any atom is 0.332 e. The van der Waals surface area contributed by atoms with Crippen molar-refractivity contribution in [1.82, 2.24) is 20.6 Å². The number of carbonyl (C=O) groups excluding carboxylic acids is 3. The minimum Gasteiger partial charge on any atom is -0.479 e. The Bertz CT molecular complexity index is 1760. The van der Waals surface area contributed by atoms with Gasteiger partial charge in [-0.15, -0.1) is 0 Å². The number of benzene rings is 2. The molecule has 12 heteroatoms. The van der Waals surface area contributed by atoms with Gasteiger partial charge in [0.15, 0.2) is 0 Å². The molecule has 2 aromatic carbocycles. The molecular weight excluding hydrogens is 720 g/mol. The van der Waals surface area contributed by atoms with Gasteiger partial charge in [-0.2, -0.15) is 0 Å². The quantitative estimate of drug-likeness (QED) is 0.179. The van der Waals surface area contributed by atoms with E-state index in [4.69, 9.17) is 4.74 Å². The number of carbonyl (C=O) groups is 4. The second kappa shape index (κ2) is 13.9. The number of nitrogens with one attached hydrogen (secondary N) is 2. The molecule has 0 fully saturated rings. The summed E-state index contributed by atoms with van der Waals surface area (Å²) in [5.41, 5.74) is 2.33. The predicted octanol–water partition coefficient (Wildman–Crippen LogP) is 4.87. The highest BCUT2D eigenvalue weighted by molar-refractivity contribution is 9.10. The number of carboxylic acids is 1. The van der Waals surface area contributed by atoms with Gasteiger partial charge < -0.3 is 20.5 Å². The SMILES string of the molecule is CCOC(=O)C1(NC(=O)c2cccnc2Br)Cc2ccccc2C1.O=C(NC1(C(=O)O)Cc2ccccc2C1)c1cccnc1Br. The molecule has 0 aliphatic heterocycles. The molecule has 2 aliphatic carbocycles. The molecule has 10 nitrogen and oxygen atoms in total. The zero-order valence-corrected chi connectivity index (χ0v) is 27.9. The van der Waals surface area contributed by atoms with E-state index in [9.17, 15) is 24.3 Å². The molecule has 0 atom stereocenters. The van der Waals surface area contributed by atoms with E-state index >= 15 is 0 Å². The van der Waals surface area contributed by atoms with Crippen molar-refractivity contribution in [2.45, 2.75) is 43.7 Å². The standard InChI is InChI=1S/C18H17BrN2O3.C16H13BrN2O3/c1-2-24-17(23)18(10-12-6-3-4-7-13(12)11-18)21-16(22)14-8-5-9-20-15(14)19;17-13-12(6-3-7-18-13)14(20)19-16(15(21)22)8-10-4-1-2-5-11(10)9-16/h3-9H,2,10-11H2,1H3,(H,21,22);1-7H,8-9H2,(H,19,20)(H,21,22). The fraction of sp³-hybridized carbons (Fsp3) is 0.235. The summed E-state index contributed by atoms with van der Waals surface area (Å²) in [6.07, 6.45) is 4.55. The van der Waals surface area contributed by atoms with Crippen molar-refractivity contribution >= 4 is 55.6 Å². The number of ether oxygens (including phenoxy) is 1. The molecule has 2 amide bonds. The molecule has 0 saturated carbocycles. The summed E-state index contributed by atoms with van der Waals surface area (Å²) in [5, 5.41) is 15.2. The van der Waals surface area contributed by atoms with Crippen LogP contribution in [-0.4, -0.2) is 56.5 Å². The van der Waals surface area contributed by atoms with Gasteiger partial charge in [-0.3, -0.25) is 9.59 Å². The summed E-state index contributed by atoms with van der Waals surface area (Å²) >= 11 is 6.48. The first-order chi connectivity index (χ1) is 22.1. The van der Waals surface area contributed by atoms with E-state index in [1.807, 2.05) is 48.5 Å². The molecule has 2 heterocycles. The number of halogens is 2. The van der Waals surface area contributed by atoms with Gasteiger partial charge in [0.2, 0.25) is 0 Å². The number of hydrogen-bond acceptors (Lipinski definition) is 7. The molecule has 236 valence electrons. The van der Waals surface area contributed by atoms with Gasteiger partial charge in [-0.05, 0) is 85.3 Å². The van der Waals surface area contributed by atoms with E-state index in [-0.39, 0.29) is 25.4 Å². The van der Waals surface area contributed by atoms with E-state index in [0.29, 0.717) is 33.2 Å². The van der Waals surface area contributed by atoms with Crippen LogP contribution in [0.25, 0.3) is 0 Å². The highest BCUT2D eigenvalue weighted by atomic mass is 79.9. The van der Waals surface area contributed by atoms with Gasteiger partial charge in [-0.25, -0.2) is 19.6 Å². The highest BCUT2D eigenvalue weighted by Crippen LogP contribution is 2.33. The number of esters is 1. The van der Waals surface area contributed by atoms with Crippen LogP contribution in [0.4, 0.5) is 0 Å². The summed E-state index contributed by atoms with van der Waals surface area (Å²) < 4.78 is 6.08. The Labute approximate surface area is 282 Å². The average molecular weight is 750 g/mol. The van der Waals surface area contributed by atoms with Crippen LogP contribution < -0.4 is 10.6 Å². The maximum absolute atomic E-state index is 12.7. The Morgan fingerprint density at radius 2 is 1.09 bits per heavy atom. The van der Waals surface area contributed by atoms with Gasteiger partial charge >= 0.3 is 11.9 Å². The van der Waals surface area contributed by atoms with Gasteiger partial charge in [-0.1, -0.05) is 48.5 Å². The molecule has 3 N–H and O–H groups in total. The predicted molar refractivity (Wildman–Crippen MR) is 176 cm³/mol. The number of aliphatic carboxylic acids is 1. The lowest BCUT2D eigenvalue weighted by Gasteiger charge is -2.28. The van der Waals surface area contributed by atoms with Crippen molar-refractivity contribution in [2.75, 3.05) is 6.61 Å². The fourth-order valence-corrected chi connectivity index (χ4v) is 6.62. The topological polar surface area (TPSA) is 148 Å². The Morgan fingerprint density at radius 3 is 1.46 bits per heavy atom. The van der Waals surface area contributed by atoms with Crippen molar-refractivity contribution in [3.05, 3.63) is 128 Å². The number of pyridine rings is 2. The molecule has 46 heavy (non-hydrogen) atoms. The number of amides is 2. The molecule has 0 saturated heterocycles. The lowest BCUT2D eigenvalue weighted by Crippen LogP contribution is -2.56. The molecule has 6 rings (SSSR count). The lowest BCUT2D eigenvalue weighted by molar-refractivity contribution is -0.150. The Kier molecular flexibility index (Phi) is 9.97. The maximum atomic E-state index is 12.7. The van der Waals surface area contributed by atoms with E-state index < -0.39 is 28.9 Å². The minimum absolute atomic E-state index is 0.267. The largest absolute Gasteiger partial charge is 0.479 e. The lowest BCUT2D eigenvalue weighted by atomic mass is 9.95. The highest BCUT2D eigenvalue weighted by Gasteiger charge is 2.47. The first-order valence-electron chi connectivity index (χ1n) is 14.5. The van der Waals surface area contributed by atoms with Crippen LogP contribution >= 0.6 is 31.9 Å². The third-order valence-electron chi connectivity index (χ3n) is 7.99. The number of nitrogens with zero attached hydrogens (tertiary/aromatic N) is 2. The first-order valence-corrected chi connectivity index (χ1v) is 16.1. The molecule has 2 aliphatic rings. The van der Waals surface area contributed by atoms with Crippen LogP contribution in [0.5, 0.6) is 0 Å². The van der Waals surface area contributed by atoms with Crippen LogP contribution in [0.1, 0.15) is 49.9 Å². The number of fused-ring (bicyclic) bond motifs is 2. The van der Waals surface area contributed by atoms with Crippen molar-refractivity contribution < 1.29 is 29.0 Å². The van der Waals surface area contributed by atoms with E-state index in [2.05, 4.69) is 52.5 Å². The van der Waals surface area contributed by atoms with Crippen molar-refractivity contribution in [3.63, 3.8) is 0 Å². The molecular formula is C34H30Br2N4O6. The van der Waals surface area contributed by atoms with E-state index in [0.717, 1.165) is 22.3 Å². The van der Waals surface area contributed by atoms with E-state index in [1.165, 1.54) is 0 Å². The number of carboxylic acid groups (broad SMARTS) is 1. The fourth-order valence-electron chi connectivity index (χ4n) is 5.76. The monoisotopic (exact) mass is 748 g/mol. The van der Waals surface area contributed by atoms with Gasteiger partial charge in [0.25, 0.3) is 11.8 Å². The number of hydrogen-bond donors (Lipinski definition) is 3. The normalized spacial score (nSPS) is 14.9. The third-order valence-corrected chi connectivity index (χ3v) is 9.26. The van der Waals surface area contributed by atoms with Gasteiger partial charge in [0.05, 0.1) is 17.7 Å². The summed E-state index contributed by atoms with van der Waals surface area (Å²) in [5.74, 6) is -2.24. The molecule has 0 spiro atoms. The smallest absolute Gasteiger partial charge is 0.332 e. The third kappa shape index (κ3) is 6.87. The summed E-state index contributed by atoms with van der Waals surface area (Å²) in [6, 6.07) is 21.9. The van der Waals surface area contributed by atoms with Crippen LogP contribution in [-0.2, 0) is 40.0 Å². The minimum atomic E-state index is -1.31. The molecule has 2 aromatic heterocycles. The molecule has 0 radical (unpaired) electrons. The molecule has 0 unspecified atom stereocenters. The van der Waals surface area contributed by atoms with Crippen molar-refractivity contribution in [1.29, 1.82) is 0 Å².